The summed E-state index contributed by atoms with van der Waals surface area (Å²) in [7, 11) is 0. The predicted molar refractivity (Wildman–Crippen MR) is 81.4 cm³/mol. The third-order valence-corrected chi connectivity index (χ3v) is 3.93. The van der Waals surface area contributed by atoms with Gasteiger partial charge in [0.1, 0.15) is 6.07 Å². The molecule has 1 aliphatic rings. The maximum absolute atomic E-state index is 9.02. The molecule has 1 unspecified atom stereocenters. The van der Waals surface area contributed by atoms with Gasteiger partial charge in [0.05, 0.1) is 16.9 Å². The fraction of sp³-hybridized carbons (Fsp3) is 0.235. The Hall–Kier alpha value is -2.47. The van der Waals surface area contributed by atoms with Crippen molar-refractivity contribution in [2.75, 3.05) is 11.1 Å². The summed E-state index contributed by atoms with van der Waals surface area (Å²) in [4.78, 5) is 0. The zero-order valence-electron chi connectivity index (χ0n) is 11.3. The minimum Gasteiger partial charge on any atom is -0.396 e. The zero-order chi connectivity index (χ0) is 13.9. The van der Waals surface area contributed by atoms with Crippen LogP contribution in [-0.2, 0) is 12.8 Å². The van der Waals surface area contributed by atoms with Gasteiger partial charge in [-0.3, -0.25) is 0 Å². The first-order chi connectivity index (χ1) is 9.78. The molecule has 0 aliphatic heterocycles. The lowest BCUT2D eigenvalue weighted by Gasteiger charge is -2.27. The second kappa shape index (κ2) is 5.26. The molecule has 0 radical (unpaired) electrons. The lowest BCUT2D eigenvalue weighted by Crippen LogP contribution is -2.27. The molecule has 3 rings (SSSR count). The highest BCUT2D eigenvalue weighted by Gasteiger charge is 2.18. The van der Waals surface area contributed by atoms with E-state index in [1.54, 1.807) is 6.07 Å². The van der Waals surface area contributed by atoms with E-state index in [1.165, 1.54) is 11.1 Å². The molecular weight excluding hydrogens is 246 g/mol. The van der Waals surface area contributed by atoms with Gasteiger partial charge in [-0.05, 0) is 42.5 Å². The van der Waals surface area contributed by atoms with Crippen molar-refractivity contribution in [1.82, 2.24) is 0 Å². The molecule has 3 nitrogen and oxygen atoms in total. The van der Waals surface area contributed by atoms with Crippen LogP contribution in [0.1, 0.15) is 23.1 Å². The largest absolute Gasteiger partial charge is 0.396 e. The van der Waals surface area contributed by atoms with Gasteiger partial charge >= 0.3 is 0 Å². The molecule has 3 N–H and O–H groups in total. The van der Waals surface area contributed by atoms with Gasteiger partial charge in [0.25, 0.3) is 0 Å². The van der Waals surface area contributed by atoms with Crippen molar-refractivity contribution in [2.45, 2.75) is 25.3 Å². The van der Waals surface area contributed by atoms with Crippen LogP contribution in [0.2, 0.25) is 0 Å². The average molecular weight is 263 g/mol. The van der Waals surface area contributed by atoms with E-state index in [4.69, 9.17) is 11.0 Å². The number of nitriles is 1. The summed E-state index contributed by atoms with van der Waals surface area (Å²) in [6.45, 7) is 0. The molecule has 0 saturated carbocycles. The molecule has 100 valence electrons. The molecule has 0 fully saturated rings. The number of hydrogen-bond acceptors (Lipinski definition) is 3. The number of nitrogens with one attached hydrogen (secondary N) is 1. The van der Waals surface area contributed by atoms with E-state index in [-0.39, 0.29) is 0 Å². The number of benzene rings is 2. The molecule has 20 heavy (non-hydrogen) atoms. The van der Waals surface area contributed by atoms with Gasteiger partial charge in [-0.1, -0.05) is 30.3 Å². The lowest BCUT2D eigenvalue weighted by molar-refractivity contribution is 0.611. The second-order valence-electron chi connectivity index (χ2n) is 5.23. The van der Waals surface area contributed by atoms with Crippen molar-refractivity contribution >= 4 is 11.4 Å². The summed E-state index contributed by atoms with van der Waals surface area (Å²) in [5.41, 5.74) is 10.8. The first-order valence-electron chi connectivity index (χ1n) is 6.90. The molecule has 1 aliphatic carbocycles. The topological polar surface area (TPSA) is 61.8 Å². The van der Waals surface area contributed by atoms with Crippen LogP contribution < -0.4 is 11.1 Å². The Bertz CT molecular complexity index is 670. The van der Waals surface area contributed by atoms with E-state index in [1.807, 2.05) is 12.1 Å². The van der Waals surface area contributed by atoms with E-state index in [9.17, 15) is 0 Å². The Morgan fingerprint density at radius 2 is 1.90 bits per heavy atom. The molecule has 2 aromatic rings. The van der Waals surface area contributed by atoms with E-state index in [0.29, 0.717) is 17.3 Å². The smallest absolute Gasteiger partial charge is 0.101 e. The number of fused-ring (bicyclic) bond motifs is 1. The molecular formula is C17H17N3. The van der Waals surface area contributed by atoms with E-state index in [0.717, 1.165) is 24.9 Å². The minimum absolute atomic E-state index is 0.376. The number of rotatable bonds is 2. The minimum atomic E-state index is 0.376. The second-order valence-corrected chi connectivity index (χ2v) is 5.23. The third kappa shape index (κ3) is 2.33. The maximum atomic E-state index is 9.02. The first-order valence-corrected chi connectivity index (χ1v) is 6.90. The Kier molecular flexibility index (Phi) is 3.30. The summed E-state index contributed by atoms with van der Waals surface area (Å²) >= 11 is 0. The van der Waals surface area contributed by atoms with Crippen LogP contribution in [0.4, 0.5) is 11.4 Å². The molecule has 1 atom stereocenters. The van der Waals surface area contributed by atoms with Gasteiger partial charge in [-0.15, -0.1) is 0 Å². The van der Waals surface area contributed by atoms with E-state index in [2.05, 4.69) is 35.7 Å². The van der Waals surface area contributed by atoms with Crippen molar-refractivity contribution in [2.24, 2.45) is 0 Å². The number of hydrogen-bond donors (Lipinski definition) is 2. The summed E-state index contributed by atoms with van der Waals surface area (Å²) in [6.07, 6.45) is 3.19. The van der Waals surface area contributed by atoms with E-state index >= 15 is 0 Å². The highest BCUT2D eigenvalue weighted by atomic mass is 14.9. The molecule has 3 heteroatoms. The average Bonchev–Trinajstić information content (AvgIpc) is 2.49. The lowest BCUT2D eigenvalue weighted by atomic mass is 9.88. The van der Waals surface area contributed by atoms with Gasteiger partial charge in [-0.25, -0.2) is 0 Å². The molecule has 0 bridgehead atoms. The van der Waals surface area contributed by atoms with Gasteiger partial charge in [-0.2, -0.15) is 5.26 Å². The third-order valence-electron chi connectivity index (χ3n) is 3.93. The van der Waals surface area contributed by atoms with Crippen LogP contribution >= 0.6 is 0 Å². The number of nitrogens with two attached hydrogens (primary N) is 1. The van der Waals surface area contributed by atoms with Crippen molar-refractivity contribution < 1.29 is 0 Å². The molecule has 0 amide bonds. The maximum Gasteiger partial charge on any atom is 0.101 e. The number of nitrogen functional groups attached to an aromatic ring is 1. The van der Waals surface area contributed by atoms with Crippen LogP contribution in [0.3, 0.4) is 0 Å². The molecule has 0 heterocycles. The Morgan fingerprint density at radius 3 is 2.70 bits per heavy atom. The van der Waals surface area contributed by atoms with Crippen molar-refractivity contribution in [3.63, 3.8) is 0 Å². The number of anilines is 2. The molecule has 2 aromatic carbocycles. The summed E-state index contributed by atoms with van der Waals surface area (Å²) in [5.74, 6) is 0. The Morgan fingerprint density at radius 1 is 1.10 bits per heavy atom. The fourth-order valence-corrected chi connectivity index (χ4v) is 2.83. The summed E-state index contributed by atoms with van der Waals surface area (Å²) in [5, 5.41) is 12.5. The van der Waals surface area contributed by atoms with Crippen LogP contribution in [0.5, 0.6) is 0 Å². The van der Waals surface area contributed by atoms with Gasteiger partial charge < -0.3 is 11.1 Å². The quantitative estimate of drug-likeness (QED) is 0.818. The van der Waals surface area contributed by atoms with Crippen LogP contribution in [0.25, 0.3) is 0 Å². The fourth-order valence-electron chi connectivity index (χ4n) is 2.83. The predicted octanol–water partition coefficient (Wildman–Crippen LogP) is 3.11. The molecule has 0 saturated heterocycles. The van der Waals surface area contributed by atoms with Gasteiger partial charge in [0.2, 0.25) is 0 Å². The SMILES string of the molecule is N#Cc1cccc(NC2CCc3ccccc3C2)c1N. The molecule has 0 aromatic heterocycles. The monoisotopic (exact) mass is 263 g/mol. The summed E-state index contributed by atoms with van der Waals surface area (Å²) < 4.78 is 0. The van der Waals surface area contributed by atoms with Crippen LogP contribution in [0, 0.1) is 11.3 Å². The van der Waals surface area contributed by atoms with E-state index < -0.39 is 0 Å². The normalized spacial score (nSPS) is 17.1. The zero-order valence-corrected chi connectivity index (χ0v) is 11.3. The van der Waals surface area contributed by atoms with Gasteiger partial charge in [0.15, 0.2) is 0 Å². The highest BCUT2D eigenvalue weighted by molar-refractivity contribution is 5.73. The molecule has 0 spiro atoms. The van der Waals surface area contributed by atoms with Crippen LogP contribution in [-0.4, -0.2) is 6.04 Å². The number of nitrogens with zero attached hydrogens (tertiary/aromatic N) is 1. The Labute approximate surface area is 119 Å². The van der Waals surface area contributed by atoms with Crippen molar-refractivity contribution in [3.05, 3.63) is 59.2 Å². The van der Waals surface area contributed by atoms with Crippen molar-refractivity contribution in [1.29, 1.82) is 5.26 Å². The van der Waals surface area contributed by atoms with Crippen LogP contribution in [0.15, 0.2) is 42.5 Å². The Balaban J connectivity index is 1.79. The number of para-hydroxylation sites is 1. The van der Waals surface area contributed by atoms with Crippen molar-refractivity contribution in [3.8, 4) is 6.07 Å². The first kappa shape index (κ1) is 12.6. The van der Waals surface area contributed by atoms with Gasteiger partial charge in [0, 0.05) is 6.04 Å². The highest BCUT2D eigenvalue weighted by Crippen LogP contribution is 2.27. The standard InChI is InChI=1S/C17H17N3/c18-11-14-6-3-7-16(17(14)19)20-15-9-8-12-4-1-2-5-13(12)10-15/h1-7,15,20H,8-10,19H2. The number of aryl methyl sites for hydroxylation is 1. The summed E-state index contributed by atoms with van der Waals surface area (Å²) in [6, 6.07) is 16.6.